The number of aryl methyl sites for hydroxylation is 1. The van der Waals surface area contributed by atoms with Gasteiger partial charge >= 0.3 is 0 Å². The number of ether oxygens (including phenoxy) is 1. The van der Waals surface area contributed by atoms with Crippen LogP contribution in [0.15, 0.2) is 36.4 Å². The van der Waals surface area contributed by atoms with Crippen LogP contribution in [0.3, 0.4) is 0 Å². The standard InChI is InChI=1S/C17H20N4O2/c1-13-7-8-14(19-18-13)17(22)21-11-9-20(10-12-21)15-5-3-4-6-16(15)23-2/h3-8H,9-12H2,1-2H3. The number of nitrogens with zero attached hydrogens (tertiary/aromatic N) is 4. The molecule has 0 spiro atoms. The van der Waals surface area contributed by atoms with Gasteiger partial charge in [0.2, 0.25) is 0 Å². The van der Waals surface area contributed by atoms with Crippen LogP contribution in [-0.2, 0) is 0 Å². The minimum Gasteiger partial charge on any atom is -0.495 e. The number of aromatic nitrogens is 2. The predicted octanol–water partition coefficient (Wildman–Crippen LogP) is 1.76. The maximum Gasteiger partial charge on any atom is 0.274 e. The van der Waals surface area contributed by atoms with Crippen molar-refractivity contribution in [2.45, 2.75) is 6.92 Å². The maximum atomic E-state index is 12.5. The Morgan fingerprint density at radius 2 is 1.78 bits per heavy atom. The average Bonchev–Trinajstić information content (AvgIpc) is 2.62. The van der Waals surface area contributed by atoms with Crippen molar-refractivity contribution < 1.29 is 9.53 Å². The highest BCUT2D eigenvalue weighted by Crippen LogP contribution is 2.28. The smallest absolute Gasteiger partial charge is 0.274 e. The van der Waals surface area contributed by atoms with Crippen LogP contribution >= 0.6 is 0 Å². The first-order valence-corrected chi connectivity index (χ1v) is 7.66. The number of rotatable bonds is 3. The fourth-order valence-electron chi connectivity index (χ4n) is 2.72. The molecule has 1 aliphatic heterocycles. The lowest BCUT2D eigenvalue weighted by Gasteiger charge is -2.36. The molecule has 1 saturated heterocycles. The van der Waals surface area contributed by atoms with Gasteiger partial charge in [0.15, 0.2) is 5.69 Å². The SMILES string of the molecule is COc1ccccc1N1CCN(C(=O)c2ccc(C)nn2)CC1. The van der Waals surface area contributed by atoms with Gasteiger partial charge < -0.3 is 14.5 Å². The van der Waals surface area contributed by atoms with E-state index in [2.05, 4.69) is 15.1 Å². The minimum atomic E-state index is -0.0582. The van der Waals surface area contributed by atoms with Crippen molar-refractivity contribution >= 4 is 11.6 Å². The van der Waals surface area contributed by atoms with E-state index >= 15 is 0 Å². The Morgan fingerprint density at radius 1 is 1.04 bits per heavy atom. The van der Waals surface area contributed by atoms with E-state index in [0.717, 1.165) is 30.2 Å². The molecule has 0 unspecified atom stereocenters. The molecule has 6 nitrogen and oxygen atoms in total. The molecule has 0 N–H and O–H groups in total. The van der Waals surface area contributed by atoms with Crippen LogP contribution in [0.2, 0.25) is 0 Å². The van der Waals surface area contributed by atoms with E-state index in [0.29, 0.717) is 18.8 Å². The van der Waals surface area contributed by atoms with Crippen molar-refractivity contribution in [2.75, 3.05) is 38.2 Å². The number of methoxy groups -OCH3 is 1. The molecule has 1 amide bonds. The Bertz CT molecular complexity index is 679. The summed E-state index contributed by atoms with van der Waals surface area (Å²) < 4.78 is 5.41. The molecule has 3 rings (SSSR count). The normalized spacial score (nSPS) is 14.7. The Hall–Kier alpha value is -2.63. The van der Waals surface area contributed by atoms with Crippen LogP contribution in [0.5, 0.6) is 5.75 Å². The van der Waals surface area contributed by atoms with Gasteiger partial charge in [-0.15, -0.1) is 5.10 Å². The summed E-state index contributed by atoms with van der Waals surface area (Å²) in [6, 6.07) is 11.5. The van der Waals surface area contributed by atoms with Gasteiger partial charge in [-0.25, -0.2) is 0 Å². The average molecular weight is 312 g/mol. The summed E-state index contributed by atoms with van der Waals surface area (Å²) in [5, 5.41) is 7.94. The lowest BCUT2D eigenvalue weighted by atomic mass is 10.2. The molecule has 23 heavy (non-hydrogen) atoms. The fraction of sp³-hybridized carbons (Fsp3) is 0.353. The molecule has 1 aliphatic rings. The third-order valence-electron chi connectivity index (χ3n) is 4.01. The Morgan fingerprint density at radius 3 is 2.43 bits per heavy atom. The number of amides is 1. The van der Waals surface area contributed by atoms with Crippen LogP contribution < -0.4 is 9.64 Å². The minimum absolute atomic E-state index is 0.0582. The quantitative estimate of drug-likeness (QED) is 0.864. The number of benzene rings is 1. The van der Waals surface area contributed by atoms with Crippen molar-refractivity contribution in [1.29, 1.82) is 0 Å². The van der Waals surface area contributed by atoms with Crippen LogP contribution in [0.4, 0.5) is 5.69 Å². The van der Waals surface area contributed by atoms with E-state index < -0.39 is 0 Å². The van der Waals surface area contributed by atoms with Gasteiger partial charge in [0.1, 0.15) is 5.75 Å². The molecule has 0 aliphatic carbocycles. The summed E-state index contributed by atoms with van der Waals surface area (Å²) in [5.41, 5.74) is 2.28. The molecule has 0 radical (unpaired) electrons. The summed E-state index contributed by atoms with van der Waals surface area (Å²) in [7, 11) is 1.68. The van der Waals surface area contributed by atoms with Crippen LogP contribution in [0.25, 0.3) is 0 Å². The highest BCUT2D eigenvalue weighted by Gasteiger charge is 2.24. The maximum absolute atomic E-state index is 12.5. The fourth-order valence-corrected chi connectivity index (χ4v) is 2.72. The molecule has 0 saturated carbocycles. The third kappa shape index (κ3) is 3.26. The van der Waals surface area contributed by atoms with Crippen molar-refractivity contribution in [3.63, 3.8) is 0 Å². The molecule has 6 heteroatoms. The molecule has 1 aromatic carbocycles. The second-order valence-electron chi connectivity index (χ2n) is 5.51. The Balaban J connectivity index is 1.66. The highest BCUT2D eigenvalue weighted by molar-refractivity contribution is 5.92. The summed E-state index contributed by atoms with van der Waals surface area (Å²) in [6.45, 7) is 4.71. The van der Waals surface area contributed by atoms with E-state index in [1.807, 2.05) is 42.2 Å². The Labute approximate surface area is 135 Å². The van der Waals surface area contributed by atoms with Gasteiger partial charge in [0.05, 0.1) is 18.5 Å². The van der Waals surface area contributed by atoms with Crippen molar-refractivity contribution in [3.8, 4) is 5.75 Å². The number of para-hydroxylation sites is 2. The lowest BCUT2D eigenvalue weighted by molar-refractivity contribution is 0.0739. The summed E-state index contributed by atoms with van der Waals surface area (Å²) in [6.07, 6.45) is 0. The predicted molar refractivity (Wildman–Crippen MR) is 87.9 cm³/mol. The van der Waals surface area contributed by atoms with E-state index in [9.17, 15) is 4.79 Å². The first-order chi connectivity index (χ1) is 11.2. The van der Waals surface area contributed by atoms with Crippen LogP contribution in [0.1, 0.15) is 16.2 Å². The second kappa shape index (κ2) is 6.64. The number of carbonyl (C=O) groups is 1. The largest absolute Gasteiger partial charge is 0.495 e. The molecule has 2 heterocycles. The third-order valence-corrected chi connectivity index (χ3v) is 4.01. The molecule has 1 fully saturated rings. The summed E-state index contributed by atoms with van der Waals surface area (Å²) >= 11 is 0. The molecule has 2 aromatic rings. The summed E-state index contributed by atoms with van der Waals surface area (Å²) in [4.78, 5) is 16.5. The van der Waals surface area contributed by atoms with Crippen LogP contribution in [-0.4, -0.2) is 54.3 Å². The zero-order valence-electron chi connectivity index (χ0n) is 13.4. The number of hydrogen-bond acceptors (Lipinski definition) is 5. The zero-order valence-corrected chi connectivity index (χ0v) is 13.4. The van der Waals surface area contributed by atoms with Gasteiger partial charge in [0, 0.05) is 26.2 Å². The van der Waals surface area contributed by atoms with Crippen LogP contribution in [0, 0.1) is 6.92 Å². The number of piperazine rings is 1. The van der Waals surface area contributed by atoms with E-state index in [1.54, 1.807) is 13.2 Å². The number of carbonyl (C=O) groups excluding carboxylic acids is 1. The Kier molecular flexibility index (Phi) is 4.41. The highest BCUT2D eigenvalue weighted by atomic mass is 16.5. The van der Waals surface area contributed by atoms with Gasteiger partial charge in [-0.3, -0.25) is 4.79 Å². The van der Waals surface area contributed by atoms with Gasteiger partial charge in [-0.1, -0.05) is 12.1 Å². The molecular formula is C17H20N4O2. The molecule has 1 aromatic heterocycles. The van der Waals surface area contributed by atoms with E-state index in [1.165, 1.54) is 0 Å². The zero-order chi connectivity index (χ0) is 16.2. The lowest BCUT2D eigenvalue weighted by Crippen LogP contribution is -2.49. The first kappa shape index (κ1) is 15.3. The van der Waals surface area contributed by atoms with E-state index in [-0.39, 0.29) is 5.91 Å². The molecule has 0 bridgehead atoms. The number of hydrogen-bond donors (Lipinski definition) is 0. The van der Waals surface area contributed by atoms with Gasteiger partial charge in [0.25, 0.3) is 5.91 Å². The second-order valence-corrected chi connectivity index (χ2v) is 5.51. The van der Waals surface area contributed by atoms with Crippen molar-refractivity contribution in [2.24, 2.45) is 0 Å². The topological polar surface area (TPSA) is 58.6 Å². The molecule has 0 atom stereocenters. The summed E-state index contributed by atoms with van der Waals surface area (Å²) in [5.74, 6) is 0.800. The first-order valence-electron chi connectivity index (χ1n) is 7.66. The van der Waals surface area contributed by atoms with Gasteiger partial charge in [-0.05, 0) is 31.2 Å². The monoisotopic (exact) mass is 312 g/mol. The van der Waals surface area contributed by atoms with E-state index in [4.69, 9.17) is 4.74 Å². The van der Waals surface area contributed by atoms with Crippen molar-refractivity contribution in [1.82, 2.24) is 15.1 Å². The van der Waals surface area contributed by atoms with Crippen molar-refractivity contribution in [3.05, 3.63) is 47.8 Å². The molecular weight excluding hydrogens is 292 g/mol. The molecule has 120 valence electrons. The number of anilines is 1. The van der Waals surface area contributed by atoms with Gasteiger partial charge in [-0.2, -0.15) is 5.10 Å².